The number of carbonyl (C=O) groups excluding carboxylic acids is 2. The molecule has 0 spiro atoms. The zero-order chi connectivity index (χ0) is 24.0. The van der Waals surface area contributed by atoms with E-state index in [2.05, 4.69) is 5.32 Å². The summed E-state index contributed by atoms with van der Waals surface area (Å²) < 4.78 is 39.4. The Bertz CT molecular complexity index is 1240. The number of likely N-dealkylation sites (tertiary alicyclic amines) is 2. The van der Waals surface area contributed by atoms with Crippen molar-refractivity contribution in [1.29, 1.82) is 0 Å². The summed E-state index contributed by atoms with van der Waals surface area (Å²) in [4.78, 5) is 29.3. The van der Waals surface area contributed by atoms with Gasteiger partial charge in [-0.3, -0.25) is 9.59 Å². The number of alkyl halides is 3. The Hall–Kier alpha value is -2.62. The van der Waals surface area contributed by atoms with Crippen LogP contribution in [-0.4, -0.2) is 59.9 Å². The van der Waals surface area contributed by atoms with Gasteiger partial charge >= 0.3 is 6.18 Å². The first-order chi connectivity index (χ1) is 16.2. The van der Waals surface area contributed by atoms with Gasteiger partial charge in [0.2, 0.25) is 0 Å². The number of rotatable bonds is 4. The fraction of sp³-hybridized carbons (Fsp3) is 0.333. The largest absolute Gasteiger partial charge is 0.416 e. The van der Waals surface area contributed by atoms with Crippen LogP contribution in [0.3, 0.4) is 0 Å². The summed E-state index contributed by atoms with van der Waals surface area (Å²) in [5.74, 6) is -0.256. The highest BCUT2D eigenvalue weighted by molar-refractivity contribution is 7.21. The molecule has 1 N–H and O–H groups in total. The predicted octanol–water partition coefficient (Wildman–Crippen LogP) is 4.90. The number of halogens is 4. The van der Waals surface area contributed by atoms with Crippen molar-refractivity contribution >= 4 is 44.8 Å². The van der Waals surface area contributed by atoms with Crippen molar-refractivity contribution in [2.24, 2.45) is 0 Å². The van der Waals surface area contributed by atoms with Gasteiger partial charge in [0, 0.05) is 53.9 Å². The van der Waals surface area contributed by atoms with Crippen molar-refractivity contribution in [2.75, 3.05) is 26.2 Å². The van der Waals surface area contributed by atoms with Crippen molar-refractivity contribution in [3.8, 4) is 0 Å². The van der Waals surface area contributed by atoms with Gasteiger partial charge < -0.3 is 15.1 Å². The van der Waals surface area contributed by atoms with Gasteiger partial charge in [0.1, 0.15) is 4.88 Å². The smallest absolute Gasteiger partial charge is 0.337 e. The number of amides is 2. The van der Waals surface area contributed by atoms with Gasteiger partial charge in [-0.2, -0.15) is 13.2 Å². The Morgan fingerprint density at radius 2 is 1.68 bits per heavy atom. The van der Waals surface area contributed by atoms with Crippen LogP contribution >= 0.6 is 22.9 Å². The van der Waals surface area contributed by atoms with Gasteiger partial charge in [0.25, 0.3) is 11.8 Å². The molecule has 0 unspecified atom stereocenters. The fourth-order valence-corrected chi connectivity index (χ4v) is 5.97. The van der Waals surface area contributed by atoms with Crippen LogP contribution < -0.4 is 5.32 Å². The second-order valence-electron chi connectivity index (χ2n) is 8.63. The Morgan fingerprint density at radius 3 is 2.38 bits per heavy atom. The van der Waals surface area contributed by atoms with Crippen LogP contribution in [0.5, 0.6) is 0 Å². The second-order valence-corrected chi connectivity index (χ2v) is 10.1. The highest BCUT2D eigenvalue weighted by Crippen LogP contribution is 2.40. The van der Waals surface area contributed by atoms with Crippen LogP contribution in [0.25, 0.3) is 10.1 Å². The number of hydrogen-bond acceptors (Lipinski definition) is 4. The fourth-order valence-electron chi connectivity index (χ4n) is 4.45. The summed E-state index contributed by atoms with van der Waals surface area (Å²) in [7, 11) is 0. The average molecular weight is 508 g/mol. The molecule has 2 aliphatic rings. The molecule has 0 radical (unpaired) electrons. The zero-order valence-electron chi connectivity index (χ0n) is 17.9. The van der Waals surface area contributed by atoms with E-state index in [4.69, 9.17) is 11.6 Å². The Morgan fingerprint density at radius 1 is 0.971 bits per heavy atom. The predicted molar refractivity (Wildman–Crippen MR) is 125 cm³/mol. The first-order valence-corrected chi connectivity index (χ1v) is 12.1. The van der Waals surface area contributed by atoms with Gasteiger partial charge in [0.05, 0.1) is 10.6 Å². The van der Waals surface area contributed by atoms with E-state index in [1.807, 2.05) is 35.2 Å². The summed E-state index contributed by atoms with van der Waals surface area (Å²) in [6.07, 6.45) is -3.61. The molecule has 0 aliphatic carbocycles. The zero-order valence-corrected chi connectivity index (χ0v) is 19.5. The maximum absolute atomic E-state index is 13.0. The van der Waals surface area contributed by atoms with E-state index in [0.717, 1.165) is 29.9 Å². The topological polar surface area (TPSA) is 52.7 Å². The quantitative estimate of drug-likeness (QED) is 0.546. The van der Waals surface area contributed by atoms with Crippen molar-refractivity contribution in [3.05, 3.63) is 69.6 Å². The molecule has 178 valence electrons. The van der Waals surface area contributed by atoms with Gasteiger partial charge in [-0.05, 0) is 30.7 Å². The number of benzene rings is 2. The summed E-state index contributed by atoms with van der Waals surface area (Å²) in [5.41, 5.74) is -0.0902. The van der Waals surface area contributed by atoms with Gasteiger partial charge in [-0.15, -0.1) is 11.3 Å². The van der Waals surface area contributed by atoms with Gasteiger partial charge in [0.15, 0.2) is 0 Å². The molecule has 2 saturated heterocycles. The summed E-state index contributed by atoms with van der Waals surface area (Å²) >= 11 is 7.33. The lowest BCUT2D eigenvalue weighted by Crippen LogP contribution is -2.62. The Labute approximate surface area is 203 Å². The highest BCUT2D eigenvalue weighted by Gasteiger charge is 2.37. The van der Waals surface area contributed by atoms with Crippen LogP contribution in [0.4, 0.5) is 13.2 Å². The molecular weight excluding hydrogens is 487 g/mol. The average Bonchev–Trinajstić information content (AvgIpc) is 3.39. The van der Waals surface area contributed by atoms with Crippen LogP contribution in [-0.2, 0) is 6.18 Å². The van der Waals surface area contributed by atoms with Gasteiger partial charge in [-0.1, -0.05) is 35.9 Å². The molecule has 5 rings (SSSR count). The third-order valence-electron chi connectivity index (χ3n) is 6.29. The van der Waals surface area contributed by atoms with E-state index in [-0.39, 0.29) is 33.8 Å². The molecule has 3 heterocycles. The molecule has 2 amide bonds. The van der Waals surface area contributed by atoms with Crippen LogP contribution in [0.15, 0.2) is 48.5 Å². The number of carbonyl (C=O) groups is 2. The number of nitrogens with one attached hydrogen (secondary N) is 1. The van der Waals surface area contributed by atoms with E-state index in [0.29, 0.717) is 41.8 Å². The van der Waals surface area contributed by atoms with E-state index in [1.165, 1.54) is 6.07 Å². The third kappa shape index (κ3) is 4.39. The van der Waals surface area contributed by atoms with Crippen LogP contribution in [0.1, 0.15) is 32.0 Å². The number of nitrogens with zero attached hydrogens (tertiary/aromatic N) is 2. The molecule has 3 aromatic rings. The summed E-state index contributed by atoms with van der Waals surface area (Å²) in [6.45, 7) is 2.26. The molecule has 0 saturated carbocycles. The van der Waals surface area contributed by atoms with Crippen molar-refractivity contribution in [2.45, 2.75) is 24.7 Å². The monoisotopic (exact) mass is 507 g/mol. The Kier molecular flexibility index (Phi) is 6.03. The molecule has 10 heteroatoms. The van der Waals surface area contributed by atoms with Crippen molar-refractivity contribution in [1.82, 2.24) is 15.1 Å². The molecular formula is C24H21ClF3N3O2S. The van der Waals surface area contributed by atoms with E-state index in [9.17, 15) is 22.8 Å². The van der Waals surface area contributed by atoms with Crippen LogP contribution in [0, 0.1) is 0 Å². The molecule has 1 atom stereocenters. The van der Waals surface area contributed by atoms with Crippen molar-refractivity contribution < 1.29 is 22.8 Å². The summed E-state index contributed by atoms with van der Waals surface area (Å²) in [6, 6.07) is 12.8. The van der Waals surface area contributed by atoms with E-state index >= 15 is 0 Å². The minimum Gasteiger partial charge on any atom is -0.337 e. The number of fused-ring (bicyclic) bond motifs is 1. The second kappa shape index (κ2) is 8.87. The van der Waals surface area contributed by atoms with Crippen molar-refractivity contribution in [3.63, 3.8) is 0 Å². The molecule has 2 fully saturated rings. The normalized spacial score (nSPS) is 19.0. The maximum Gasteiger partial charge on any atom is 0.416 e. The molecule has 2 aliphatic heterocycles. The molecule has 1 aromatic heterocycles. The van der Waals surface area contributed by atoms with E-state index in [1.54, 1.807) is 4.90 Å². The molecule has 2 aromatic carbocycles. The lowest BCUT2D eigenvalue weighted by atomic mass is 10.1. The lowest BCUT2D eigenvalue weighted by Gasteiger charge is -2.41. The SMILES string of the molecule is O=C(c1ccccc1)N1CC[C@H](NC2CN(C(=O)c3sc4cc(C(F)(F)F)ccc4c3Cl)C2)C1. The standard InChI is InChI=1S/C24H21ClF3N3O2S/c25-20-18-7-6-15(24(26,27)28)10-19(18)34-21(20)23(33)31-12-17(13-31)29-16-8-9-30(11-16)22(32)14-4-2-1-3-5-14/h1-7,10,16-17,29H,8-9,11-13H2/t16-/m0/s1. The lowest BCUT2D eigenvalue weighted by molar-refractivity contribution is -0.137. The first kappa shape index (κ1) is 23.1. The number of hydrogen-bond donors (Lipinski definition) is 1. The summed E-state index contributed by atoms with van der Waals surface area (Å²) in [5, 5.41) is 4.16. The van der Waals surface area contributed by atoms with E-state index < -0.39 is 11.7 Å². The van der Waals surface area contributed by atoms with Gasteiger partial charge in [-0.25, -0.2) is 0 Å². The number of thiophene rings is 1. The highest BCUT2D eigenvalue weighted by atomic mass is 35.5. The minimum absolute atomic E-state index is 0.0170. The third-order valence-corrected chi connectivity index (χ3v) is 7.93. The molecule has 34 heavy (non-hydrogen) atoms. The van der Waals surface area contributed by atoms with Crippen LogP contribution in [0.2, 0.25) is 5.02 Å². The molecule has 5 nitrogen and oxygen atoms in total. The Balaban J connectivity index is 1.17. The maximum atomic E-state index is 13.0. The molecule has 0 bridgehead atoms. The minimum atomic E-state index is -4.45. The first-order valence-electron chi connectivity index (χ1n) is 10.9.